The fourth-order valence-electron chi connectivity index (χ4n) is 1.80. The molecule has 0 fully saturated rings. The van der Waals surface area contributed by atoms with E-state index >= 15 is 0 Å². The standard InChI is InChI=1S/C12H17NO/c1-9(2)14-12-4-3-11-8-13-6-5-10(11)7-12/h3-4,7,9,13H,5-6,8H2,1-2H3. The van der Waals surface area contributed by atoms with Gasteiger partial charge in [-0.15, -0.1) is 0 Å². The highest BCUT2D eigenvalue weighted by Gasteiger charge is 2.09. The van der Waals surface area contributed by atoms with Crippen LogP contribution in [-0.2, 0) is 13.0 Å². The van der Waals surface area contributed by atoms with E-state index in [2.05, 4.69) is 37.4 Å². The van der Waals surface area contributed by atoms with Crippen LogP contribution >= 0.6 is 0 Å². The van der Waals surface area contributed by atoms with Crippen molar-refractivity contribution in [3.05, 3.63) is 29.3 Å². The van der Waals surface area contributed by atoms with E-state index in [0.29, 0.717) is 0 Å². The van der Waals surface area contributed by atoms with Crippen molar-refractivity contribution in [2.75, 3.05) is 6.54 Å². The lowest BCUT2D eigenvalue weighted by atomic mass is 10.0. The first-order chi connectivity index (χ1) is 6.75. The number of rotatable bonds is 2. The number of ether oxygens (including phenoxy) is 1. The number of fused-ring (bicyclic) bond motifs is 1. The van der Waals surface area contributed by atoms with Gasteiger partial charge in [0.2, 0.25) is 0 Å². The third-order valence-corrected chi connectivity index (χ3v) is 2.44. The second-order valence-corrected chi connectivity index (χ2v) is 4.02. The van der Waals surface area contributed by atoms with Crippen molar-refractivity contribution in [1.82, 2.24) is 5.32 Å². The predicted octanol–water partition coefficient (Wildman–Crippen LogP) is 2.12. The zero-order chi connectivity index (χ0) is 9.97. The van der Waals surface area contributed by atoms with Crippen LogP contribution in [0.15, 0.2) is 18.2 Å². The van der Waals surface area contributed by atoms with E-state index in [1.807, 2.05) is 0 Å². The smallest absolute Gasteiger partial charge is 0.119 e. The molecule has 2 rings (SSSR count). The van der Waals surface area contributed by atoms with E-state index in [0.717, 1.165) is 25.3 Å². The van der Waals surface area contributed by atoms with Crippen molar-refractivity contribution in [2.45, 2.75) is 32.9 Å². The van der Waals surface area contributed by atoms with Gasteiger partial charge >= 0.3 is 0 Å². The molecule has 76 valence electrons. The molecule has 0 saturated heterocycles. The molecule has 2 heteroatoms. The Labute approximate surface area is 85.3 Å². The quantitative estimate of drug-likeness (QED) is 0.773. The number of hydrogen-bond donors (Lipinski definition) is 1. The van der Waals surface area contributed by atoms with E-state index in [-0.39, 0.29) is 6.10 Å². The molecule has 14 heavy (non-hydrogen) atoms. The Hall–Kier alpha value is -1.02. The molecule has 0 aromatic heterocycles. The van der Waals surface area contributed by atoms with Crippen LogP contribution in [0.1, 0.15) is 25.0 Å². The van der Waals surface area contributed by atoms with Gasteiger partial charge in [-0.05, 0) is 50.1 Å². The maximum absolute atomic E-state index is 5.66. The molecule has 1 aromatic rings. The average molecular weight is 191 g/mol. The summed E-state index contributed by atoms with van der Waals surface area (Å²) in [6.45, 7) is 6.19. The third kappa shape index (κ3) is 2.07. The monoisotopic (exact) mass is 191 g/mol. The second kappa shape index (κ2) is 4.01. The first kappa shape index (κ1) is 9.53. The summed E-state index contributed by atoms with van der Waals surface area (Å²) in [5.74, 6) is 1.00. The van der Waals surface area contributed by atoms with Gasteiger partial charge in [-0.1, -0.05) is 6.07 Å². The first-order valence-corrected chi connectivity index (χ1v) is 5.25. The Morgan fingerprint density at radius 1 is 1.29 bits per heavy atom. The van der Waals surface area contributed by atoms with Crippen LogP contribution in [0.3, 0.4) is 0 Å². The lowest BCUT2D eigenvalue weighted by Crippen LogP contribution is -2.23. The van der Waals surface area contributed by atoms with Crippen LogP contribution in [0.25, 0.3) is 0 Å². The average Bonchev–Trinajstić information content (AvgIpc) is 2.17. The zero-order valence-corrected chi connectivity index (χ0v) is 8.84. The van der Waals surface area contributed by atoms with E-state index in [1.165, 1.54) is 11.1 Å². The van der Waals surface area contributed by atoms with Crippen LogP contribution < -0.4 is 10.1 Å². The van der Waals surface area contributed by atoms with Crippen LogP contribution in [0.2, 0.25) is 0 Å². The molecule has 1 aromatic carbocycles. The van der Waals surface area contributed by atoms with E-state index in [9.17, 15) is 0 Å². The molecule has 1 heterocycles. The van der Waals surface area contributed by atoms with Gasteiger partial charge in [0.05, 0.1) is 6.10 Å². The zero-order valence-electron chi connectivity index (χ0n) is 8.84. The van der Waals surface area contributed by atoms with Crippen LogP contribution in [0, 0.1) is 0 Å². The summed E-state index contributed by atoms with van der Waals surface area (Å²) >= 11 is 0. The third-order valence-electron chi connectivity index (χ3n) is 2.44. The molecule has 0 bridgehead atoms. The van der Waals surface area contributed by atoms with Gasteiger partial charge in [0, 0.05) is 6.54 Å². The molecule has 0 radical (unpaired) electrons. The fourth-order valence-corrected chi connectivity index (χ4v) is 1.80. The summed E-state index contributed by atoms with van der Waals surface area (Å²) in [7, 11) is 0. The van der Waals surface area contributed by atoms with Crippen molar-refractivity contribution in [3.63, 3.8) is 0 Å². The minimum Gasteiger partial charge on any atom is -0.491 e. The van der Waals surface area contributed by atoms with E-state index < -0.39 is 0 Å². The van der Waals surface area contributed by atoms with E-state index in [1.54, 1.807) is 0 Å². The Balaban J connectivity index is 2.20. The number of nitrogens with one attached hydrogen (secondary N) is 1. The van der Waals surface area contributed by atoms with Crippen molar-refractivity contribution >= 4 is 0 Å². The SMILES string of the molecule is CC(C)Oc1ccc2c(c1)CCNC2. The van der Waals surface area contributed by atoms with Gasteiger partial charge < -0.3 is 10.1 Å². The molecule has 0 aliphatic carbocycles. The number of hydrogen-bond acceptors (Lipinski definition) is 2. The highest BCUT2D eigenvalue weighted by molar-refractivity contribution is 5.37. The Morgan fingerprint density at radius 2 is 2.14 bits per heavy atom. The van der Waals surface area contributed by atoms with Crippen LogP contribution in [0.4, 0.5) is 0 Å². The summed E-state index contributed by atoms with van der Waals surface area (Å²) in [6, 6.07) is 6.40. The van der Waals surface area contributed by atoms with Crippen molar-refractivity contribution in [1.29, 1.82) is 0 Å². The molecular formula is C12H17NO. The maximum atomic E-state index is 5.66. The van der Waals surface area contributed by atoms with Gasteiger partial charge in [0.25, 0.3) is 0 Å². The molecule has 0 spiro atoms. The van der Waals surface area contributed by atoms with Gasteiger partial charge in [-0.25, -0.2) is 0 Å². The molecule has 1 N–H and O–H groups in total. The Morgan fingerprint density at radius 3 is 2.93 bits per heavy atom. The van der Waals surface area contributed by atoms with Gasteiger partial charge in [-0.3, -0.25) is 0 Å². The highest BCUT2D eigenvalue weighted by Crippen LogP contribution is 2.21. The predicted molar refractivity (Wildman–Crippen MR) is 57.6 cm³/mol. The first-order valence-electron chi connectivity index (χ1n) is 5.25. The largest absolute Gasteiger partial charge is 0.491 e. The summed E-state index contributed by atoms with van der Waals surface area (Å²) in [4.78, 5) is 0. The Bertz CT molecular complexity index is 320. The van der Waals surface area contributed by atoms with Crippen molar-refractivity contribution in [3.8, 4) is 5.75 Å². The normalized spacial score (nSPS) is 15.4. The number of benzene rings is 1. The summed E-state index contributed by atoms with van der Waals surface area (Å²) in [5.41, 5.74) is 2.84. The topological polar surface area (TPSA) is 21.3 Å². The molecule has 0 atom stereocenters. The molecular weight excluding hydrogens is 174 g/mol. The minimum absolute atomic E-state index is 0.259. The summed E-state index contributed by atoms with van der Waals surface area (Å²) < 4.78 is 5.66. The van der Waals surface area contributed by atoms with Gasteiger partial charge in [0.1, 0.15) is 5.75 Å². The molecule has 1 aliphatic heterocycles. The molecule has 1 aliphatic rings. The highest BCUT2D eigenvalue weighted by atomic mass is 16.5. The van der Waals surface area contributed by atoms with E-state index in [4.69, 9.17) is 4.74 Å². The van der Waals surface area contributed by atoms with Crippen LogP contribution in [0.5, 0.6) is 5.75 Å². The minimum atomic E-state index is 0.259. The maximum Gasteiger partial charge on any atom is 0.119 e. The molecule has 0 amide bonds. The molecule has 0 saturated carbocycles. The lowest BCUT2D eigenvalue weighted by Gasteiger charge is -2.18. The summed E-state index contributed by atoms with van der Waals surface area (Å²) in [5, 5.41) is 3.36. The lowest BCUT2D eigenvalue weighted by molar-refractivity contribution is 0.242. The van der Waals surface area contributed by atoms with Crippen LogP contribution in [-0.4, -0.2) is 12.6 Å². The molecule has 0 unspecified atom stereocenters. The Kier molecular flexibility index (Phi) is 2.73. The van der Waals surface area contributed by atoms with Crippen molar-refractivity contribution < 1.29 is 4.74 Å². The van der Waals surface area contributed by atoms with Gasteiger partial charge in [0.15, 0.2) is 0 Å². The van der Waals surface area contributed by atoms with Gasteiger partial charge in [-0.2, -0.15) is 0 Å². The summed E-state index contributed by atoms with van der Waals surface area (Å²) in [6.07, 6.45) is 1.37. The second-order valence-electron chi connectivity index (χ2n) is 4.02. The van der Waals surface area contributed by atoms with Crippen molar-refractivity contribution in [2.24, 2.45) is 0 Å². The fraction of sp³-hybridized carbons (Fsp3) is 0.500. The molecule has 2 nitrogen and oxygen atoms in total.